The lowest BCUT2D eigenvalue weighted by Gasteiger charge is -2.25. The molecule has 0 aliphatic carbocycles. The predicted molar refractivity (Wildman–Crippen MR) is 123 cm³/mol. The number of carbonyl (C=O) groups excluding carboxylic acids is 2. The molecule has 31 heavy (non-hydrogen) atoms. The largest absolute Gasteiger partial charge is 0.467 e. The van der Waals surface area contributed by atoms with Crippen molar-refractivity contribution in [2.24, 2.45) is 0 Å². The number of nitrogens with zero attached hydrogens (tertiary/aromatic N) is 1. The van der Waals surface area contributed by atoms with Crippen molar-refractivity contribution < 1.29 is 14.0 Å². The number of rotatable bonds is 10. The Morgan fingerprint density at radius 1 is 0.968 bits per heavy atom. The number of benzene rings is 2. The van der Waals surface area contributed by atoms with Crippen LogP contribution in [-0.4, -0.2) is 43.1 Å². The van der Waals surface area contributed by atoms with Crippen LogP contribution < -0.4 is 10.6 Å². The zero-order valence-electron chi connectivity index (χ0n) is 17.7. The molecule has 0 saturated carbocycles. The van der Waals surface area contributed by atoms with E-state index in [2.05, 4.69) is 27.7 Å². The second-order valence-corrected chi connectivity index (χ2v) is 8.26. The Morgan fingerprint density at radius 2 is 1.71 bits per heavy atom. The highest BCUT2D eigenvalue weighted by Crippen LogP contribution is 2.23. The monoisotopic (exact) mass is 437 g/mol. The molecule has 0 fully saturated rings. The summed E-state index contributed by atoms with van der Waals surface area (Å²) in [6.45, 7) is 0.832. The van der Waals surface area contributed by atoms with Gasteiger partial charge in [-0.15, -0.1) is 11.8 Å². The summed E-state index contributed by atoms with van der Waals surface area (Å²) in [6.07, 6.45) is 1.57. The maximum Gasteiger partial charge on any atom is 0.252 e. The molecule has 0 spiro atoms. The average molecular weight is 438 g/mol. The fourth-order valence-corrected chi connectivity index (χ4v) is 4.01. The molecule has 1 atom stereocenters. The van der Waals surface area contributed by atoms with Gasteiger partial charge in [0, 0.05) is 11.4 Å². The first-order valence-corrected chi connectivity index (χ1v) is 11.0. The van der Waals surface area contributed by atoms with Gasteiger partial charge in [0.05, 0.1) is 30.2 Å². The number of likely N-dealkylation sites (N-methyl/N-ethyl adjacent to an activating group) is 1. The van der Waals surface area contributed by atoms with E-state index in [4.69, 9.17) is 4.42 Å². The summed E-state index contributed by atoms with van der Waals surface area (Å²) in [4.78, 5) is 27.9. The number of hydrogen-bond acceptors (Lipinski definition) is 5. The quantitative estimate of drug-likeness (QED) is 0.473. The Hall–Kier alpha value is -3.03. The number of hydrogen-bond donors (Lipinski definition) is 2. The van der Waals surface area contributed by atoms with E-state index >= 15 is 0 Å². The second kappa shape index (κ2) is 11.4. The van der Waals surface area contributed by atoms with Crippen LogP contribution in [0.15, 0.2) is 82.3 Å². The Balaban J connectivity index is 1.57. The van der Waals surface area contributed by atoms with E-state index in [-0.39, 0.29) is 23.6 Å². The van der Waals surface area contributed by atoms with Crippen molar-refractivity contribution >= 4 is 23.6 Å². The van der Waals surface area contributed by atoms with Crippen LogP contribution in [0.3, 0.4) is 0 Å². The first-order chi connectivity index (χ1) is 15.0. The summed E-state index contributed by atoms with van der Waals surface area (Å²) in [5.41, 5.74) is 1.71. The van der Waals surface area contributed by atoms with E-state index in [1.54, 1.807) is 18.4 Å². The fourth-order valence-electron chi connectivity index (χ4n) is 3.13. The van der Waals surface area contributed by atoms with E-state index in [0.29, 0.717) is 24.4 Å². The second-order valence-electron chi connectivity index (χ2n) is 7.24. The summed E-state index contributed by atoms with van der Waals surface area (Å²) in [5, 5.41) is 5.86. The summed E-state index contributed by atoms with van der Waals surface area (Å²) in [6, 6.07) is 21.1. The van der Waals surface area contributed by atoms with Gasteiger partial charge in [0.15, 0.2) is 0 Å². The van der Waals surface area contributed by atoms with Crippen molar-refractivity contribution in [2.75, 3.05) is 26.4 Å². The molecule has 2 amide bonds. The molecule has 6 nitrogen and oxygen atoms in total. The van der Waals surface area contributed by atoms with Crippen LogP contribution in [0.25, 0.3) is 0 Å². The maximum atomic E-state index is 12.9. The molecule has 2 aromatic carbocycles. The standard InChI is InChI=1S/C24H27N3O3S/c1-27(2)21(18-9-4-3-5-10-18)16-26-24(29)20-12-6-7-13-22(20)31-17-23(28)25-15-19-11-8-14-30-19/h3-14,21H,15-17H2,1-2H3,(H,25,28)(H,26,29). The third-order valence-electron chi connectivity index (χ3n) is 4.79. The zero-order chi connectivity index (χ0) is 22.1. The highest BCUT2D eigenvalue weighted by molar-refractivity contribution is 8.00. The van der Waals surface area contributed by atoms with E-state index in [1.165, 1.54) is 11.8 Å². The lowest BCUT2D eigenvalue weighted by molar-refractivity contribution is -0.118. The highest BCUT2D eigenvalue weighted by Gasteiger charge is 2.17. The average Bonchev–Trinajstić information content (AvgIpc) is 3.31. The Bertz CT molecular complexity index is 975. The van der Waals surface area contributed by atoms with Crippen molar-refractivity contribution in [1.29, 1.82) is 0 Å². The maximum absolute atomic E-state index is 12.9. The zero-order valence-corrected chi connectivity index (χ0v) is 18.5. The van der Waals surface area contributed by atoms with Crippen molar-refractivity contribution in [2.45, 2.75) is 17.5 Å². The van der Waals surface area contributed by atoms with E-state index in [9.17, 15) is 9.59 Å². The summed E-state index contributed by atoms with van der Waals surface area (Å²) in [7, 11) is 3.99. The van der Waals surface area contributed by atoms with Gasteiger partial charge in [-0.1, -0.05) is 42.5 Å². The van der Waals surface area contributed by atoms with Gasteiger partial charge in [0.1, 0.15) is 5.76 Å². The Kier molecular flexibility index (Phi) is 8.32. The molecule has 2 N–H and O–H groups in total. The lowest BCUT2D eigenvalue weighted by Crippen LogP contribution is -2.34. The van der Waals surface area contributed by atoms with Crippen molar-refractivity contribution in [3.05, 3.63) is 89.9 Å². The van der Waals surface area contributed by atoms with Gasteiger partial charge in [-0.05, 0) is 43.9 Å². The highest BCUT2D eigenvalue weighted by atomic mass is 32.2. The van der Waals surface area contributed by atoms with E-state index < -0.39 is 0 Å². The van der Waals surface area contributed by atoms with Crippen molar-refractivity contribution in [3.8, 4) is 0 Å². The summed E-state index contributed by atoms with van der Waals surface area (Å²) < 4.78 is 5.21. The first-order valence-electron chi connectivity index (χ1n) is 10.0. The summed E-state index contributed by atoms with van der Waals surface area (Å²) in [5.74, 6) is 0.650. The number of furan rings is 1. The molecule has 3 rings (SSSR count). The van der Waals surface area contributed by atoms with Gasteiger partial charge in [0.25, 0.3) is 5.91 Å². The summed E-state index contributed by atoms with van der Waals surface area (Å²) >= 11 is 1.34. The molecule has 1 aromatic heterocycles. The molecule has 1 heterocycles. The van der Waals surface area contributed by atoms with Gasteiger partial charge in [-0.2, -0.15) is 0 Å². The third-order valence-corrected chi connectivity index (χ3v) is 5.87. The minimum Gasteiger partial charge on any atom is -0.467 e. The molecule has 0 aliphatic heterocycles. The van der Waals surface area contributed by atoms with Crippen LogP contribution in [-0.2, 0) is 11.3 Å². The van der Waals surface area contributed by atoms with E-state index in [1.807, 2.05) is 56.6 Å². The molecule has 3 aromatic rings. The minimum absolute atomic E-state index is 0.0670. The molecule has 0 aliphatic rings. The number of carbonyl (C=O) groups is 2. The third kappa shape index (κ3) is 6.73. The molecule has 0 bridgehead atoms. The topological polar surface area (TPSA) is 74.6 Å². The Morgan fingerprint density at radius 3 is 2.42 bits per heavy atom. The molecule has 7 heteroatoms. The fraction of sp³-hybridized carbons (Fsp3) is 0.250. The van der Waals surface area contributed by atoms with Gasteiger partial charge < -0.3 is 20.0 Å². The molecular formula is C24H27N3O3S. The van der Waals surface area contributed by atoms with Gasteiger partial charge in [0.2, 0.25) is 5.91 Å². The number of amides is 2. The molecule has 1 unspecified atom stereocenters. The minimum atomic E-state index is -0.151. The van der Waals surface area contributed by atoms with Gasteiger partial charge >= 0.3 is 0 Å². The lowest BCUT2D eigenvalue weighted by atomic mass is 10.1. The van der Waals surface area contributed by atoms with Gasteiger partial charge in [-0.3, -0.25) is 9.59 Å². The van der Waals surface area contributed by atoms with Crippen LogP contribution in [0.2, 0.25) is 0 Å². The van der Waals surface area contributed by atoms with Crippen LogP contribution >= 0.6 is 11.8 Å². The van der Waals surface area contributed by atoms with Crippen molar-refractivity contribution in [3.63, 3.8) is 0 Å². The SMILES string of the molecule is CN(C)C(CNC(=O)c1ccccc1SCC(=O)NCc1ccco1)c1ccccc1. The number of thioether (sulfide) groups is 1. The normalized spacial score (nSPS) is 11.8. The molecule has 162 valence electrons. The van der Waals surface area contributed by atoms with Gasteiger partial charge in [-0.25, -0.2) is 0 Å². The van der Waals surface area contributed by atoms with E-state index in [0.717, 1.165) is 10.5 Å². The predicted octanol–water partition coefficient (Wildman–Crippen LogP) is 3.72. The Labute approximate surface area is 187 Å². The van der Waals surface area contributed by atoms with Crippen LogP contribution in [0.1, 0.15) is 27.7 Å². The van der Waals surface area contributed by atoms with Crippen molar-refractivity contribution in [1.82, 2.24) is 15.5 Å². The molecule has 0 saturated heterocycles. The smallest absolute Gasteiger partial charge is 0.252 e. The van der Waals surface area contributed by atoms with Crippen LogP contribution in [0.4, 0.5) is 0 Å². The number of nitrogens with one attached hydrogen (secondary N) is 2. The molecule has 0 radical (unpaired) electrons. The molecular weight excluding hydrogens is 410 g/mol. The van der Waals surface area contributed by atoms with Crippen LogP contribution in [0, 0.1) is 0 Å². The first kappa shape index (κ1) is 22.7. The van der Waals surface area contributed by atoms with Crippen LogP contribution in [0.5, 0.6) is 0 Å².